The smallest absolute Gasteiger partial charge is 0.165 e. The molecule has 1 aliphatic carbocycles. The number of para-hydroxylation sites is 4. The Kier molecular flexibility index (Phi) is 7.32. The predicted octanol–water partition coefficient (Wildman–Crippen LogP) is 13.8. The van der Waals surface area contributed by atoms with E-state index in [1.807, 2.05) is 12.1 Å². The molecule has 0 radical (unpaired) electrons. The highest BCUT2D eigenvalue weighted by Crippen LogP contribution is 2.41. The lowest BCUT2D eigenvalue weighted by Gasteiger charge is -2.16. The molecule has 1 aliphatic rings. The van der Waals surface area contributed by atoms with Crippen LogP contribution in [0.3, 0.4) is 0 Å². The van der Waals surface area contributed by atoms with Crippen molar-refractivity contribution < 1.29 is 0 Å². The van der Waals surface area contributed by atoms with Crippen LogP contribution in [0.5, 0.6) is 0 Å². The molecule has 0 amide bonds. The Bertz CT molecular complexity index is 3440. The average molecular weight is 741 g/mol. The average Bonchev–Trinajstić information content (AvgIpc) is 3.80. The highest BCUT2D eigenvalue weighted by atomic mass is 15.1. The Hall–Kier alpha value is -7.56. The Morgan fingerprint density at radius 2 is 0.983 bits per heavy atom. The quantitative estimate of drug-likeness (QED) is 0.176. The van der Waals surface area contributed by atoms with E-state index in [0.717, 1.165) is 57.7 Å². The van der Waals surface area contributed by atoms with Gasteiger partial charge in [-0.25, -0.2) is 9.97 Å². The van der Waals surface area contributed by atoms with Crippen molar-refractivity contribution in [1.29, 1.82) is 0 Å². The van der Waals surface area contributed by atoms with Gasteiger partial charge in [-0.1, -0.05) is 140 Å². The summed E-state index contributed by atoms with van der Waals surface area (Å²) in [6, 6.07) is 65.7. The van der Waals surface area contributed by atoms with E-state index in [1.165, 1.54) is 66.0 Å². The molecule has 0 aliphatic heterocycles. The largest absolute Gasteiger partial charge is 0.309 e. The normalized spacial score (nSPS) is 12.6. The number of hydrogen-bond acceptors (Lipinski definition) is 2. The third kappa shape index (κ3) is 5.15. The van der Waals surface area contributed by atoms with Gasteiger partial charge in [-0.05, 0) is 101 Å². The van der Waals surface area contributed by atoms with Crippen LogP contribution in [0.2, 0.25) is 0 Å². The molecular formula is C54H36N4. The molecule has 4 nitrogen and oxygen atoms in total. The highest BCUT2D eigenvalue weighted by molar-refractivity contribution is 6.19. The molecule has 3 aromatic heterocycles. The number of hydrogen-bond donors (Lipinski definition) is 0. The number of rotatable bonds is 5. The molecule has 272 valence electrons. The molecule has 0 bridgehead atoms. The minimum Gasteiger partial charge on any atom is -0.309 e. The van der Waals surface area contributed by atoms with Gasteiger partial charge in [0.15, 0.2) is 5.82 Å². The van der Waals surface area contributed by atoms with E-state index in [4.69, 9.17) is 9.97 Å². The number of aryl methyl sites for hydroxylation is 1. The maximum Gasteiger partial charge on any atom is 0.165 e. The Morgan fingerprint density at radius 3 is 1.74 bits per heavy atom. The summed E-state index contributed by atoms with van der Waals surface area (Å²) in [6.45, 7) is 0. The molecule has 0 fully saturated rings. The molecule has 4 heteroatoms. The zero-order chi connectivity index (χ0) is 38.2. The minimum absolute atomic E-state index is 0.832. The molecule has 12 rings (SSSR count). The zero-order valence-electron chi connectivity index (χ0n) is 31.7. The number of aromatic nitrogens is 4. The van der Waals surface area contributed by atoms with Crippen molar-refractivity contribution in [3.05, 3.63) is 199 Å². The molecule has 0 saturated heterocycles. The van der Waals surface area contributed by atoms with Gasteiger partial charge in [0.25, 0.3) is 0 Å². The van der Waals surface area contributed by atoms with Gasteiger partial charge in [0, 0.05) is 32.8 Å². The van der Waals surface area contributed by atoms with Crippen LogP contribution in [0.4, 0.5) is 0 Å². The van der Waals surface area contributed by atoms with Gasteiger partial charge in [0.2, 0.25) is 0 Å². The molecule has 0 atom stereocenters. The van der Waals surface area contributed by atoms with Crippen molar-refractivity contribution in [3.63, 3.8) is 0 Å². The highest BCUT2D eigenvalue weighted by Gasteiger charge is 2.22. The third-order valence-electron chi connectivity index (χ3n) is 12.0. The van der Waals surface area contributed by atoms with E-state index in [0.29, 0.717) is 0 Å². The first-order chi connectivity index (χ1) is 28.7. The van der Waals surface area contributed by atoms with Crippen LogP contribution in [0.15, 0.2) is 188 Å². The van der Waals surface area contributed by atoms with E-state index in [9.17, 15) is 0 Å². The molecule has 58 heavy (non-hydrogen) atoms. The topological polar surface area (TPSA) is 35.6 Å². The standard InChI is InChI=1S/C54H36N4/c1-2-13-35(14-3-1)37-25-27-38(28-26-37)40-17-12-18-42(32-40)57-49-23-10-6-19-43(49)45-34-52-46(33-51(45)57)44-20-7-11-24-50(44)58(52)54-53(55-47-21-8-9-22-48(47)56-54)41-30-29-36-15-4-5-16-39(36)31-41/h1-3,5-14,16-34H,4,15H2. The number of benzene rings is 8. The molecule has 3 heterocycles. The fourth-order valence-corrected chi connectivity index (χ4v) is 9.16. The lowest BCUT2D eigenvalue weighted by molar-refractivity contribution is 0.985. The molecule has 0 spiro atoms. The molecule has 0 N–H and O–H groups in total. The van der Waals surface area contributed by atoms with E-state index in [1.54, 1.807) is 0 Å². The van der Waals surface area contributed by atoms with E-state index in [2.05, 4.69) is 191 Å². The summed E-state index contributed by atoms with van der Waals surface area (Å²) in [4.78, 5) is 10.8. The van der Waals surface area contributed by atoms with E-state index in [-0.39, 0.29) is 0 Å². The van der Waals surface area contributed by atoms with Crippen molar-refractivity contribution in [1.82, 2.24) is 19.1 Å². The minimum atomic E-state index is 0.832. The number of nitrogens with zero attached hydrogens (tertiary/aromatic N) is 4. The van der Waals surface area contributed by atoms with Crippen LogP contribution in [-0.2, 0) is 6.42 Å². The summed E-state index contributed by atoms with van der Waals surface area (Å²) >= 11 is 0. The number of allylic oxidation sites excluding steroid dienone is 1. The molecule has 0 unspecified atom stereocenters. The fraction of sp³-hybridized carbons (Fsp3) is 0.0370. The molecule has 11 aromatic rings. The van der Waals surface area contributed by atoms with Gasteiger partial charge in [-0.2, -0.15) is 0 Å². The number of fused-ring (bicyclic) bond motifs is 8. The summed E-state index contributed by atoms with van der Waals surface area (Å²) in [7, 11) is 0. The van der Waals surface area contributed by atoms with Gasteiger partial charge in [0.05, 0.1) is 33.1 Å². The van der Waals surface area contributed by atoms with Crippen molar-refractivity contribution in [3.8, 4) is 45.0 Å². The van der Waals surface area contributed by atoms with Gasteiger partial charge >= 0.3 is 0 Å². The summed E-state index contributed by atoms with van der Waals surface area (Å²) in [6.07, 6.45) is 6.66. The fourth-order valence-electron chi connectivity index (χ4n) is 9.16. The van der Waals surface area contributed by atoms with Crippen molar-refractivity contribution in [2.24, 2.45) is 0 Å². The lowest BCUT2D eigenvalue weighted by Crippen LogP contribution is -2.04. The summed E-state index contributed by atoms with van der Waals surface area (Å²) in [5.74, 6) is 0.832. The van der Waals surface area contributed by atoms with Crippen LogP contribution in [0.25, 0.3) is 106 Å². The zero-order valence-corrected chi connectivity index (χ0v) is 31.7. The van der Waals surface area contributed by atoms with Gasteiger partial charge in [-0.3, -0.25) is 4.57 Å². The Balaban J connectivity index is 1.09. The van der Waals surface area contributed by atoms with Crippen LogP contribution in [-0.4, -0.2) is 19.1 Å². The van der Waals surface area contributed by atoms with Crippen LogP contribution in [0, 0.1) is 0 Å². The van der Waals surface area contributed by atoms with E-state index < -0.39 is 0 Å². The van der Waals surface area contributed by atoms with Gasteiger partial charge in [-0.15, -0.1) is 0 Å². The van der Waals surface area contributed by atoms with Crippen molar-refractivity contribution in [2.75, 3.05) is 0 Å². The Morgan fingerprint density at radius 1 is 0.397 bits per heavy atom. The first-order valence-corrected chi connectivity index (χ1v) is 20.0. The maximum absolute atomic E-state index is 5.44. The second kappa shape index (κ2) is 13.0. The lowest BCUT2D eigenvalue weighted by atomic mass is 9.94. The van der Waals surface area contributed by atoms with Crippen LogP contribution < -0.4 is 0 Å². The molecule has 0 saturated carbocycles. The summed E-state index contributed by atoms with van der Waals surface area (Å²) in [5.41, 5.74) is 16.8. The van der Waals surface area contributed by atoms with Crippen molar-refractivity contribution >= 4 is 60.7 Å². The van der Waals surface area contributed by atoms with E-state index >= 15 is 0 Å². The predicted molar refractivity (Wildman–Crippen MR) is 242 cm³/mol. The first-order valence-electron chi connectivity index (χ1n) is 20.0. The summed E-state index contributed by atoms with van der Waals surface area (Å²) in [5, 5.41) is 4.76. The monoisotopic (exact) mass is 740 g/mol. The molecular weight excluding hydrogens is 705 g/mol. The first kappa shape index (κ1) is 32.7. The summed E-state index contributed by atoms with van der Waals surface area (Å²) < 4.78 is 4.78. The maximum atomic E-state index is 5.44. The van der Waals surface area contributed by atoms with Gasteiger partial charge < -0.3 is 4.57 Å². The van der Waals surface area contributed by atoms with Crippen LogP contribution >= 0.6 is 0 Å². The second-order valence-electron chi connectivity index (χ2n) is 15.3. The van der Waals surface area contributed by atoms with Crippen LogP contribution in [0.1, 0.15) is 17.5 Å². The molecule has 8 aromatic carbocycles. The SMILES string of the molecule is C1=Cc2cc(-c3nc4ccccc4nc3-n3c4ccccc4c4cc5c(cc43)c3ccccc3n5-c3cccc(-c4ccc(-c5ccccc5)cc4)c3)ccc2CC1. The third-order valence-corrected chi connectivity index (χ3v) is 12.0. The second-order valence-corrected chi connectivity index (χ2v) is 15.3. The Labute approximate surface area is 335 Å². The van der Waals surface area contributed by atoms with Crippen molar-refractivity contribution in [2.45, 2.75) is 12.8 Å². The van der Waals surface area contributed by atoms with Gasteiger partial charge in [0.1, 0.15) is 5.69 Å².